The Morgan fingerprint density at radius 2 is 1.97 bits per heavy atom. The number of imidazole rings is 1. The Labute approximate surface area is 209 Å². The summed E-state index contributed by atoms with van der Waals surface area (Å²) in [5, 5.41) is 36.2. The number of nitrogens with zero attached hydrogens (tertiary/aromatic N) is 4. The Morgan fingerprint density at radius 1 is 1.26 bits per heavy atom. The normalized spacial score (nSPS) is 19.8. The van der Waals surface area contributed by atoms with Crippen LogP contribution in [0.5, 0.6) is 0 Å². The lowest BCUT2D eigenvalue weighted by Gasteiger charge is -2.14. The lowest BCUT2D eigenvalue weighted by Crippen LogP contribution is -2.33. The number of nitrogen functional groups attached to an aromatic ring is 1. The SMILES string of the molecule is Nc1nc(=O)c2ncn(COC(CO)CO)c2[nH]1.O=c1[nH]c(=O)n([C@H]2C[C@H](O)[C@@H](CO)O2)cc1I. The van der Waals surface area contributed by atoms with Crippen molar-refractivity contribution in [2.75, 3.05) is 25.6 Å². The number of aliphatic hydroxyl groups excluding tert-OH is 4. The molecule has 0 bridgehead atoms. The van der Waals surface area contributed by atoms with Gasteiger partial charge in [0.2, 0.25) is 5.95 Å². The predicted octanol–water partition coefficient (Wildman–Crippen LogP) is -3.19. The van der Waals surface area contributed by atoms with Crippen molar-refractivity contribution in [1.29, 1.82) is 0 Å². The number of aromatic nitrogens is 6. The van der Waals surface area contributed by atoms with E-state index in [4.69, 9.17) is 30.5 Å². The van der Waals surface area contributed by atoms with Gasteiger partial charge in [-0.2, -0.15) is 4.98 Å². The van der Waals surface area contributed by atoms with E-state index in [1.54, 1.807) is 22.6 Å². The molecule has 0 spiro atoms. The maximum atomic E-state index is 11.6. The van der Waals surface area contributed by atoms with Crippen LogP contribution in [-0.2, 0) is 16.2 Å². The molecule has 35 heavy (non-hydrogen) atoms. The summed E-state index contributed by atoms with van der Waals surface area (Å²) in [5.41, 5.74) is 4.39. The van der Waals surface area contributed by atoms with E-state index in [2.05, 4.69) is 19.9 Å². The van der Waals surface area contributed by atoms with Gasteiger partial charge in [-0.3, -0.25) is 23.7 Å². The number of fused-ring (bicyclic) bond motifs is 1. The minimum atomic E-state index is -0.818. The van der Waals surface area contributed by atoms with Crippen LogP contribution in [0.25, 0.3) is 11.2 Å². The number of hydrogen-bond acceptors (Lipinski definition) is 12. The van der Waals surface area contributed by atoms with Gasteiger partial charge in [-0.25, -0.2) is 9.78 Å². The maximum absolute atomic E-state index is 11.6. The zero-order valence-electron chi connectivity index (χ0n) is 18.1. The minimum absolute atomic E-state index is 0.0156. The molecule has 0 unspecified atom stereocenters. The fourth-order valence-corrected chi connectivity index (χ4v) is 3.59. The Bertz CT molecular complexity index is 1320. The highest BCUT2D eigenvalue weighted by atomic mass is 127. The molecule has 1 aliphatic heterocycles. The van der Waals surface area contributed by atoms with Gasteiger partial charge in [-0.15, -0.1) is 0 Å². The average molecular weight is 609 g/mol. The molecule has 3 atom stereocenters. The van der Waals surface area contributed by atoms with Gasteiger partial charge in [0.15, 0.2) is 5.52 Å². The molecule has 192 valence electrons. The summed E-state index contributed by atoms with van der Waals surface area (Å²) in [6.07, 6.45) is 0.0908. The zero-order valence-corrected chi connectivity index (χ0v) is 20.2. The third-order valence-corrected chi connectivity index (χ3v) is 5.75. The van der Waals surface area contributed by atoms with Crippen LogP contribution in [0.3, 0.4) is 0 Å². The van der Waals surface area contributed by atoms with Crippen molar-refractivity contribution >= 4 is 39.7 Å². The molecule has 0 amide bonds. The van der Waals surface area contributed by atoms with Gasteiger partial charge in [0.05, 0.1) is 35.8 Å². The molecule has 4 rings (SSSR count). The van der Waals surface area contributed by atoms with E-state index in [-0.39, 0.29) is 44.4 Å². The summed E-state index contributed by atoms with van der Waals surface area (Å²) in [6, 6.07) is 0. The number of hydrogen-bond donors (Lipinski definition) is 7. The van der Waals surface area contributed by atoms with Crippen molar-refractivity contribution in [3.8, 4) is 0 Å². The largest absolute Gasteiger partial charge is 0.394 e. The van der Waals surface area contributed by atoms with Crippen LogP contribution in [-0.4, -0.2) is 87.6 Å². The summed E-state index contributed by atoms with van der Waals surface area (Å²) in [4.78, 5) is 46.5. The second-order valence-corrected chi connectivity index (χ2v) is 8.54. The molecule has 1 saturated heterocycles. The number of aliphatic hydroxyl groups is 4. The number of nitrogens with one attached hydrogen (secondary N) is 2. The molecule has 0 radical (unpaired) electrons. The maximum Gasteiger partial charge on any atom is 0.330 e. The van der Waals surface area contributed by atoms with Gasteiger partial charge in [0.25, 0.3) is 5.56 Å². The zero-order chi connectivity index (χ0) is 25.7. The summed E-state index contributed by atoms with van der Waals surface area (Å²) < 4.78 is 13.6. The summed E-state index contributed by atoms with van der Waals surface area (Å²) in [5.74, 6) is -0.0184. The molecule has 0 saturated carbocycles. The summed E-state index contributed by atoms with van der Waals surface area (Å²) in [6.45, 7) is -0.902. The second kappa shape index (κ2) is 11.8. The Balaban J connectivity index is 0.000000196. The molecule has 0 aromatic carbocycles. The van der Waals surface area contributed by atoms with E-state index in [0.717, 1.165) is 0 Å². The molecule has 16 nitrogen and oxygen atoms in total. The first kappa shape index (κ1) is 26.9. The number of aromatic amines is 2. The molecular formula is C18H24IN7O9. The van der Waals surface area contributed by atoms with Crippen LogP contribution in [0.1, 0.15) is 12.6 Å². The quantitative estimate of drug-likeness (QED) is 0.131. The van der Waals surface area contributed by atoms with E-state index in [1.807, 2.05) is 0 Å². The molecule has 4 heterocycles. The topological polar surface area (TPSA) is 244 Å². The van der Waals surface area contributed by atoms with E-state index >= 15 is 0 Å². The molecule has 0 aliphatic carbocycles. The van der Waals surface area contributed by atoms with E-state index < -0.39 is 41.3 Å². The first-order valence-electron chi connectivity index (χ1n) is 10.2. The molecule has 17 heteroatoms. The van der Waals surface area contributed by atoms with Gasteiger partial charge in [0, 0.05) is 12.6 Å². The van der Waals surface area contributed by atoms with E-state index in [0.29, 0.717) is 9.22 Å². The van der Waals surface area contributed by atoms with Crippen molar-refractivity contribution in [2.45, 2.75) is 37.7 Å². The van der Waals surface area contributed by atoms with Crippen LogP contribution in [0.2, 0.25) is 0 Å². The van der Waals surface area contributed by atoms with Crippen LogP contribution in [0.15, 0.2) is 26.9 Å². The number of halogens is 1. The van der Waals surface area contributed by atoms with Crippen molar-refractivity contribution in [1.82, 2.24) is 29.1 Å². The van der Waals surface area contributed by atoms with Gasteiger partial charge in [0.1, 0.15) is 30.8 Å². The molecule has 3 aromatic rings. The summed E-state index contributed by atoms with van der Waals surface area (Å²) >= 11 is 1.80. The fraction of sp³-hybridized carbons (Fsp3) is 0.500. The number of H-pyrrole nitrogens is 2. The number of rotatable bonds is 7. The molecule has 1 fully saturated rings. The van der Waals surface area contributed by atoms with Crippen molar-refractivity contribution in [3.63, 3.8) is 0 Å². The van der Waals surface area contributed by atoms with Gasteiger partial charge < -0.3 is 40.6 Å². The second-order valence-electron chi connectivity index (χ2n) is 7.38. The van der Waals surface area contributed by atoms with Crippen molar-refractivity contribution < 1.29 is 29.9 Å². The lowest BCUT2D eigenvalue weighted by molar-refractivity contribution is -0.0488. The molecular weight excluding hydrogens is 585 g/mol. The lowest BCUT2D eigenvalue weighted by atomic mass is 10.2. The Kier molecular flexibility index (Phi) is 9.10. The van der Waals surface area contributed by atoms with E-state index in [9.17, 15) is 19.5 Å². The first-order valence-corrected chi connectivity index (χ1v) is 11.3. The molecule has 1 aliphatic rings. The van der Waals surface area contributed by atoms with E-state index in [1.165, 1.54) is 21.7 Å². The highest BCUT2D eigenvalue weighted by Gasteiger charge is 2.35. The smallest absolute Gasteiger partial charge is 0.330 e. The number of ether oxygens (including phenoxy) is 2. The van der Waals surface area contributed by atoms with Crippen LogP contribution in [0, 0.1) is 3.57 Å². The standard InChI is InChI=1S/C9H11IN2O5.C9H13N5O4/c10-4-2-12(9(16)11-8(4)15)7-1-5(14)6(3-13)17-7;10-9-12-7-6(8(17)13-9)11-3-14(7)4-18-5(1-15)2-16/h2,5-7,13-14H,1,3H2,(H,11,15,16);3,5,15-16H,1-2,4H2,(H3,10,12,13,17)/t5-,6+,7+;/m0./s1. The summed E-state index contributed by atoms with van der Waals surface area (Å²) in [7, 11) is 0. The van der Waals surface area contributed by atoms with Gasteiger partial charge >= 0.3 is 11.2 Å². The predicted molar refractivity (Wildman–Crippen MR) is 127 cm³/mol. The van der Waals surface area contributed by atoms with Crippen LogP contribution in [0.4, 0.5) is 5.95 Å². The average Bonchev–Trinajstić information content (AvgIpc) is 3.40. The Morgan fingerprint density at radius 3 is 2.60 bits per heavy atom. The number of anilines is 1. The van der Waals surface area contributed by atoms with Crippen LogP contribution < -0.4 is 22.5 Å². The third kappa shape index (κ3) is 6.31. The van der Waals surface area contributed by atoms with Gasteiger partial charge in [-0.05, 0) is 22.6 Å². The van der Waals surface area contributed by atoms with Crippen molar-refractivity contribution in [2.24, 2.45) is 0 Å². The van der Waals surface area contributed by atoms with Crippen molar-refractivity contribution in [3.05, 3.63) is 47.3 Å². The fourth-order valence-electron chi connectivity index (χ4n) is 3.15. The number of nitrogens with two attached hydrogens (primary N) is 1. The van der Waals surface area contributed by atoms with Crippen LogP contribution >= 0.6 is 22.6 Å². The molecule has 8 N–H and O–H groups in total. The minimum Gasteiger partial charge on any atom is -0.394 e. The highest BCUT2D eigenvalue weighted by Crippen LogP contribution is 2.27. The monoisotopic (exact) mass is 609 g/mol. The molecule has 3 aromatic heterocycles. The van der Waals surface area contributed by atoms with Gasteiger partial charge in [-0.1, -0.05) is 0 Å². The highest BCUT2D eigenvalue weighted by molar-refractivity contribution is 14.1. The first-order chi connectivity index (χ1) is 16.7. The third-order valence-electron chi connectivity index (χ3n) is 4.98. The Hall–Kier alpha value is -2.68.